The van der Waals surface area contributed by atoms with Crippen molar-refractivity contribution in [1.82, 2.24) is 5.32 Å². The Labute approximate surface area is 236 Å². The van der Waals surface area contributed by atoms with Gasteiger partial charge in [-0.25, -0.2) is 4.79 Å². The zero-order valence-corrected chi connectivity index (χ0v) is 23.9. The first-order chi connectivity index (χ1) is 19.4. The number of hydrogen-bond donors (Lipinski definition) is 1. The maximum atomic E-state index is 14.0. The molecule has 40 heavy (non-hydrogen) atoms. The van der Waals surface area contributed by atoms with Crippen molar-refractivity contribution in [2.75, 3.05) is 20.8 Å². The second-order valence-electron chi connectivity index (χ2n) is 10.8. The van der Waals surface area contributed by atoms with Crippen LogP contribution in [-0.2, 0) is 14.3 Å². The summed E-state index contributed by atoms with van der Waals surface area (Å²) in [6, 6.07) is 13.5. The second kappa shape index (κ2) is 12.2. The van der Waals surface area contributed by atoms with Gasteiger partial charge < -0.3 is 24.3 Å². The number of benzene rings is 2. The SMILES string of the molecule is CCOc1ccccc1[C@@H]1C(C(=O)OC2CCCCC2)=C(C)NC2=C1C(=O)C[C@@H](c1ccc(OC)c(OC)c1)C2. The molecule has 2 atom stereocenters. The topological polar surface area (TPSA) is 83.1 Å². The molecule has 0 bridgehead atoms. The van der Waals surface area contributed by atoms with Crippen LogP contribution in [0.1, 0.15) is 81.8 Å². The van der Waals surface area contributed by atoms with Gasteiger partial charge in [-0.1, -0.05) is 30.7 Å². The number of nitrogens with one attached hydrogen (secondary N) is 1. The van der Waals surface area contributed by atoms with E-state index < -0.39 is 5.92 Å². The van der Waals surface area contributed by atoms with Crippen molar-refractivity contribution in [1.29, 1.82) is 0 Å². The van der Waals surface area contributed by atoms with Crippen molar-refractivity contribution in [2.45, 2.75) is 76.7 Å². The number of allylic oxidation sites excluding steroid dienone is 3. The van der Waals surface area contributed by atoms with Gasteiger partial charge in [0.25, 0.3) is 0 Å². The van der Waals surface area contributed by atoms with Gasteiger partial charge in [-0.05, 0) is 75.6 Å². The minimum Gasteiger partial charge on any atom is -0.494 e. The summed E-state index contributed by atoms with van der Waals surface area (Å²) in [5.74, 6) is 1.02. The number of para-hydroxylation sites is 1. The molecule has 2 aromatic carbocycles. The van der Waals surface area contributed by atoms with Crippen LogP contribution in [0.3, 0.4) is 0 Å². The minimum absolute atomic E-state index is 0.0142. The van der Waals surface area contributed by atoms with E-state index in [1.807, 2.05) is 56.3 Å². The van der Waals surface area contributed by atoms with E-state index in [4.69, 9.17) is 18.9 Å². The Morgan fingerprint density at radius 3 is 2.42 bits per heavy atom. The Kier molecular flexibility index (Phi) is 8.48. The van der Waals surface area contributed by atoms with E-state index in [9.17, 15) is 9.59 Å². The number of ketones is 1. The smallest absolute Gasteiger partial charge is 0.337 e. The molecule has 0 unspecified atom stereocenters. The number of ether oxygens (including phenoxy) is 4. The lowest BCUT2D eigenvalue weighted by atomic mass is 9.71. The Morgan fingerprint density at radius 1 is 0.950 bits per heavy atom. The molecule has 5 rings (SSSR count). The molecule has 1 fully saturated rings. The van der Waals surface area contributed by atoms with Crippen molar-refractivity contribution in [3.05, 3.63) is 76.1 Å². The molecule has 0 aromatic heterocycles. The van der Waals surface area contributed by atoms with Crippen molar-refractivity contribution in [3.63, 3.8) is 0 Å². The Balaban J connectivity index is 1.55. The fraction of sp³-hybridized carbons (Fsp3) is 0.455. The van der Waals surface area contributed by atoms with E-state index in [0.29, 0.717) is 47.8 Å². The van der Waals surface area contributed by atoms with Crippen LogP contribution < -0.4 is 19.5 Å². The molecule has 2 aliphatic carbocycles. The number of Topliss-reactive ketones (excluding diaryl/α,β-unsaturated/α-hetero) is 1. The summed E-state index contributed by atoms with van der Waals surface area (Å²) in [6.07, 6.45) is 5.94. The monoisotopic (exact) mass is 545 g/mol. The van der Waals surface area contributed by atoms with Crippen LogP contribution in [0.25, 0.3) is 0 Å². The van der Waals surface area contributed by atoms with Gasteiger partial charge in [-0.2, -0.15) is 0 Å². The van der Waals surface area contributed by atoms with Crippen LogP contribution in [-0.4, -0.2) is 38.7 Å². The average Bonchev–Trinajstić information content (AvgIpc) is 2.97. The molecule has 0 saturated heterocycles. The standard InChI is InChI=1S/C33H39NO6/c1-5-39-27-14-10-9-13-24(27)31-30(33(36)40-23-11-7-6-8-12-23)20(2)34-25-17-22(18-26(35)32(25)31)21-15-16-28(37-3)29(19-21)38-4/h9-10,13-16,19,22-23,31,34H,5-8,11-12,17-18H2,1-4H3/t22-,31+/m0/s1. The normalized spacial score (nSPS) is 21.4. The number of carbonyl (C=O) groups excluding carboxylic acids is 2. The quantitative estimate of drug-likeness (QED) is 0.388. The highest BCUT2D eigenvalue weighted by Crippen LogP contribution is 2.48. The first kappa shape index (κ1) is 27.8. The molecule has 7 nitrogen and oxygen atoms in total. The third-order valence-corrected chi connectivity index (χ3v) is 8.28. The molecule has 1 heterocycles. The lowest BCUT2D eigenvalue weighted by Gasteiger charge is -2.37. The lowest BCUT2D eigenvalue weighted by molar-refractivity contribution is -0.146. The molecule has 0 amide bonds. The van der Waals surface area contributed by atoms with E-state index in [1.165, 1.54) is 6.42 Å². The van der Waals surface area contributed by atoms with Crippen molar-refractivity contribution in [3.8, 4) is 17.2 Å². The fourth-order valence-electron chi connectivity index (χ4n) is 6.37. The van der Waals surface area contributed by atoms with Gasteiger partial charge >= 0.3 is 5.97 Å². The van der Waals surface area contributed by atoms with Crippen LogP contribution in [0.5, 0.6) is 17.2 Å². The molecule has 1 aliphatic heterocycles. The summed E-state index contributed by atoms with van der Waals surface area (Å²) in [7, 11) is 3.22. The highest BCUT2D eigenvalue weighted by Gasteiger charge is 2.43. The largest absolute Gasteiger partial charge is 0.494 e. The predicted octanol–water partition coefficient (Wildman–Crippen LogP) is 6.34. The van der Waals surface area contributed by atoms with Crippen LogP contribution in [0.4, 0.5) is 0 Å². The third-order valence-electron chi connectivity index (χ3n) is 8.28. The summed E-state index contributed by atoms with van der Waals surface area (Å²) < 4.78 is 23.0. The van der Waals surface area contributed by atoms with Crippen molar-refractivity contribution in [2.24, 2.45) is 0 Å². The molecule has 1 saturated carbocycles. The van der Waals surface area contributed by atoms with E-state index in [2.05, 4.69) is 5.32 Å². The van der Waals surface area contributed by atoms with Crippen LogP contribution in [0, 0.1) is 0 Å². The lowest BCUT2D eigenvalue weighted by Crippen LogP contribution is -2.37. The summed E-state index contributed by atoms with van der Waals surface area (Å²) >= 11 is 0. The highest BCUT2D eigenvalue weighted by molar-refractivity contribution is 6.04. The predicted molar refractivity (Wildman–Crippen MR) is 153 cm³/mol. The van der Waals surface area contributed by atoms with Crippen molar-refractivity contribution >= 4 is 11.8 Å². The third kappa shape index (κ3) is 5.47. The number of rotatable bonds is 8. The van der Waals surface area contributed by atoms with Gasteiger partial charge in [0.05, 0.1) is 32.3 Å². The van der Waals surface area contributed by atoms with Crippen LogP contribution in [0.15, 0.2) is 65.0 Å². The van der Waals surface area contributed by atoms with E-state index >= 15 is 0 Å². The van der Waals surface area contributed by atoms with E-state index in [0.717, 1.165) is 48.2 Å². The molecular formula is C33H39NO6. The Bertz CT molecular complexity index is 1340. The molecular weight excluding hydrogens is 506 g/mol. The average molecular weight is 546 g/mol. The van der Waals surface area contributed by atoms with Crippen LogP contribution >= 0.6 is 0 Å². The molecule has 0 radical (unpaired) electrons. The maximum absolute atomic E-state index is 14.0. The van der Waals surface area contributed by atoms with Gasteiger partial charge in [0.2, 0.25) is 0 Å². The maximum Gasteiger partial charge on any atom is 0.337 e. The molecule has 7 heteroatoms. The van der Waals surface area contributed by atoms with Gasteiger partial charge in [0.1, 0.15) is 11.9 Å². The van der Waals surface area contributed by atoms with Gasteiger partial charge in [0, 0.05) is 29.0 Å². The number of carbonyl (C=O) groups is 2. The number of methoxy groups -OCH3 is 2. The van der Waals surface area contributed by atoms with Gasteiger partial charge in [-0.15, -0.1) is 0 Å². The molecule has 212 valence electrons. The molecule has 0 spiro atoms. The first-order valence-electron chi connectivity index (χ1n) is 14.3. The van der Waals surface area contributed by atoms with E-state index in [1.54, 1.807) is 14.2 Å². The molecule has 1 N–H and O–H groups in total. The summed E-state index contributed by atoms with van der Waals surface area (Å²) in [4.78, 5) is 27.8. The zero-order chi connectivity index (χ0) is 28.2. The van der Waals surface area contributed by atoms with Crippen LogP contribution in [0.2, 0.25) is 0 Å². The highest BCUT2D eigenvalue weighted by atomic mass is 16.5. The van der Waals surface area contributed by atoms with Gasteiger partial charge in [-0.3, -0.25) is 4.79 Å². The number of esters is 1. The van der Waals surface area contributed by atoms with E-state index in [-0.39, 0.29) is 23.8 Å². The van der Waals surface area contributed by atoms with Crippen molar-refractivity contribution < 1.29 is 28.5 Å². The molecule has 3 aliphatic rings. The Morgan fingerprint density at radius 2 is 1.70 bits per heavy atom. The second-order valence-corrected chi connectivity index (χ2v) is 10.8. The summed E-state index contributed by atoms with van der Waals surface area (Å²) in [5.41, 5.74) is 4.51. The number of dihydropyridines is 1. The fourth-order valence-corrected chi connectivity index (χ4v) is 6.37. The summed E-state index contributed by atoms with van der Waals surface area (Å²) in [6.45, 7) is 4.32. The Hall–Kier alpha value is -3.74. The first-order valence-corrected chi connectivity index (χ1v) is 14.3. The minimum atomic E-state index is -0.561. The number of hydrogen-bond acceptors (Lipinski definition) is 7. The van der Waals surface area contributed by atoms with Gasteiger partial charge in [0.15, 0.2) is 17.3 Å². The molecule has 2 aromatic rings. The zero-order valence-electron chi connectivity index (χ0n) is 23.9. The summed E-state index contributed by atoms with van der Waals surface area (Å²) in [5, 5.41) is 3.46.